The predicted molar refractivity (Wildman–Crippen MR) is 147 cm³/mol. The van der Waals surface area contributed by atoms with Gasteiger partial charge in [-0.2, -0.15) is 9.97 Å². The monoisotopic (exact) mass is 518 g/mol. The van der Waals surface area contributed by atoms with Crippen molar-refractivity contribution in [3.05, 3.63) is 81.2 Å². The topological polar surface area (TPSA) is 163 Å². The molecule has 2 aromatic carbocycles. The number of ether oxygens (including phenoxy) is 2. The standard InChI is InChI=1S/C13H14N4O3.C13H16N4O/c1-8-4-5-10(17(18)19)7-11(8)15-13-14-9(2)6-12(16-13)20-3;1-8-4-5-10(14)7-11(8)16-13-15-9(2)6-12(17-13)18-3/h4-7H,1-3H3,(H,14,15,16);4-7H,14H2,1-3H3,(H,15,16,17). The van der Waals surface area contributed by atoms with Crippen LogP contribution in [0.4, 0.5) is 34.6 Å². The van der Waals surface area contributed by atoms with Gasteiger partial charge in [0.25, 0.3) is 5.69 Å². The Kier molecular flexibility index (Phi) is 8.93. The van der Waals surface area contributed by atoms with Gasteiger partial charge in [-0.25, -0.2) is 9.97 Å². The van der Waals surface area contributed by atoms with Gasteiger partial charge in [-0.1, -0.05) is 12.1 Å². The molecule has 2 aromatic heterocycles. The third-order valence-electron chi connectivity index (χ3n) is 5.27. The lowest BCUT2D eigenvalue weighted by molar-refractivity contribution is -0.384. The van der Waals surface area contributed by atoms with E-state index in [0.29, 0.717) is 35.0 Å². The highest BCUT2D eigenvalue weighted by Crippen LogP contribution is 2.25. The number of aryl methyl sites for hydroxylation is 4. The largest absolute Gasteiger partial charge is 0.481 e. The molecule has 198 valence electrons. The first-order valence-corrected chi connectivity index (χ1v) is 11.5. The smallest absolute Gasteiger partial charge is 0.271 e. The van der Waals surface area contributed by atoms with E-state index in [0.717, 1.165) is 28.2 Å². The van der Waals surface area contributed by atoms with Crippen LogP contribution in [0.5, 0.6) is 11.8 Å². The number of nitro groups is 1. The molecule has 0 aliphatic heterocycles. The minimum absolute atomic E-state index is 0.0118. The Bertz CT molecular complexity index is 1450. The second-order valence-corrected chi connectivity index (χ2v) is 8.33. The Hall–Kier alpha value is -5.00. The van der Waals surface area contributed by atoms with Crippen LogP contribution >= 0.6 is 0 Å². The second-order valence-electron chi connectivity index (χ2n) is 8.33. The Labute approximate surface area is 220 Å². The summed E-state index contributed by atoms with van der Waals surface area (Å²) in [6, 6.07) is 13.7. The summed E-state index contributed by atoms with van der Waals surface area (Å²) >= 11 is 0. The number of nitro benzene ring substituents is 1. The quantitative estimate of drug-likeness (QED) is 0.168. The lowest BCUT2D eigenvalue weighted by atomic mass is 10.2. The van der Waals surface area contributed by atoms with Crippen LogP contribution in [0.25, 0.3) is 0 Å². The highest BCUT2D eigenvalue weighted by molar-refractivity contribution is 5.64. The molecule has 0 fully saturated rings. The number of hydrogen-bond acceptors (Lipinski definition) is 11. The SMILES string of the molecule is COc1cc(C)nc(Nc2cc(N)ccc2C)n1.COc1cc(C)nc(Nc2cc([N+](=O)[O-])ccc2C)n1. The lowest BCUT2D eigenvalue weighted by Gasteiger charge is -2.10. The Balaban J connectivity index is 0.000000212. The van der Waals surface area contributed by atoms with Crippen LogP contribution in [0.1, 0.15) is 22.5 Å². The minimum atomic E-state index is -0.442. The molecule has 12 heteroatoms. The van der Waals surface area contributed by atoms with Crippen LogP contribution in [0.15, 0.2) is 48.5 Å². The van der Waals surface area contributed by atoms with E-state index in [4.69, 9.17) is 15.2 Å². The predicted octanol–water partition coefficient (Wildman–Crippen LogP) is 5.18. The van der Waals surface area contributed by atoms with Gasteiger partial charge in [-0.05, 0) is 51.0 Å². The summed E-state index contributed by atoms with van der Waals surface area (Å²) in [6.45, 7) is 7.55. The highest BCUT2D eigenvalue weighted by atomic mass is 16.6. The van der Waals surface area contributed by atoms with Gasteiger partial charge in [0.05, 0.1) is 24.8 Å². The lowest BCUT2D eigenvalue weighted by Crippen LogP contribution is -2.02. The van der Waals surface area contributed by atoms with Gasteiger partial charge in [0.1, 0.15) is 0 Å². The van der Waals surface area contributed by atoms with E-state index >= 15 is 0 Å². The van der Waals surface area contributed by atoms with E-state index in [9.17, 15) is 10.1 Å². The molecule has 12 nitrogen and oxygen atoms in total. The molecule has 0 bridgehead atoms. The first-order valence-electron chi connectivity index (χ1n) is 11.5. The van der Waals surface area contributed by atoms with Crippen molar-refractivity contribution in [2.75, 3.05) is 30.6 Å². The summed E-state index contributed by atoms with van der Waals surface area (Å²) in [7, 11) is 3.10. The fraction of sp³-hybridized carbons (Fsp3) is 0.231. The van der Waals surface area contributed by atoms with Crippen LogP contribution in [-0.4, -0.2) is 39.1 Å². The first kappa shape index (κ1) is 27.6. The minimum Gasteiger partial charge on any atom is -0.481 e. The maximum Gasteiger partial charge on any atom is 0.271 e. The molecule has 0 aliphatic carbocycles. The van der Waals surface area contributed by atoms with Crippen LogP contribution in [0, 0.1) is 37.8 Å². The summed E-state index contributed by atoms with van der Waals surface area (Å²) in [6.07, 6.45) is 0. The average molecular weight is 519 g/mol. The Morgan fingerprint density at radius 3 is 1.68 bits per heavy atom. The average Bonchev–Trinajstić information content (AvgIpc) is 2.87. The van der Waals surface area contributed by atoms with E-state index in [1.165, 1.54) is 19.2 Å². The molecule has 38 heavy (non-hydrogen) atoms. The molecule has 0 saturated heterocycles. The molecule has 0 amide bonds. The molecule has 0 spiro atoms. The van der Waals surface area contributed by atoms with Crippen molar-refractivity contribution < 1.29 is 14.4 Å². The highest BCUT2D eigenvalue weighted by Gasteiger charge is 2.11. The van der Waals surface area contributed by atoms with Gasteiger partial charge >= 0.3 is 0 Å². The van der Waals surface area contributed by atoms with E-state index < -0.39 is 4.92 Å². The molecule has 4 N–H and O–H groups in total. The van der Waals surface area contributed by atoms with Crippen molar-refractivity contribution in [3.8, 4) is 11.8 Å². The maximum absolute atomic E-state index is 10.8. The van der Waals surface area contributed by atoms with Crippen LogP contribution in [0.3, 0.4) is 0 Å². The molecule has 0 radical (unpaired) electrons. The number of methoxy groups -OCH3 is 2. The summed E-state index contributed by atoms with van der Waals surface area (Å²) in [5.74, 6) is 1.81. The summed E-state index contributed by atoms with van der Waals surface area (Å²) in [5.41, 5.74) is 11.5. The summed E-state index contributed by atoms with van der Waals surface area (Å²) in [4.78, 5) is 27.3. The molecule has 4 aromatic rings. The number of nitrogens with one attached hydrogen (secondary N) is 2. The number of nitrogens with two attached hydrogens (primary N) is 1. The van der Waals surface area contributed by atoms with E-state index in [2.05, 4.69) is 30.6 Å². The van der Waals surface area contributed by atoms with Gasteiger partial charge < -0.3 is 25.8 Å². The molecule has 4 rings (SSSR count). The van der Waals surface area contributed by atoms with Gasteiger partial charge in [-0.15, -0.1) is 0 Å². The number of nitrogens with zero attached hydrogens (tertiary/aromatic N) is 5. The zero-order valence-corrected chi connectivity index (χ0v) is 22.1. The molecular weight excluding hydrogens is 488 g/mol. The van der Waals surface area contributed by atoms with Gasteiger partial charge in [0.2, 0.25) is 23.7 Å². The fourth-order valence-electron chi connectivity index (χ4n) is 3.27. The maximum atomic E-state index is 10.8. The number of anilines is 5. The zero-order valence-electron chi connectivity index (χ0n) is 22.1. The molecule has 0 atom stereocenters. The molecule has 2 heterocycles. The molecular formula is C26H30N8O4. The van der Waals surface area contributed by atoms with Gasteiger partial charge in [0, 0.05) is 47.0 Å². The number of rotatable bonds is 7. The fourth-order valence-corrected chi connectivity index (χ4v) is 3.27. The van der Waals surface area contributed by atoms with Crippen LogP contribution in [0.2, 0.25) is 0 Å². The van der Waals surface area contributed by atoms with E-state index in [1.54, 1.807) is 25.3 Å². The van der Waals surface area contributed by atoms with E-state index in [-0.39, 0.29) is 5.69 Å². The van der Waals surface area contributed by atoms with E-state index in [1.807, 2.05) is 45.9 Å². The van der Waals surface area contributed by atoms with Crippen molar-refractivity contribution in [2.45, 2.75) is 27.7 Å². The molecule has 0 unspecified atom stereocenters. The van der Waals surface area contributed by atoms with Gasteiger partial charge in [-0.3, -0.25) is 10.1 Å². The number of aromatic nitrogens is 4. The number of nitrogen functional groups attached to an aromatic ring is 1. The van der Waals surface area contributed by atoms with Crippen molar-refractivity contribution in [1.29, 1.82) is 0 Å². The van der Waals surface area contributed by atoms with Crippen molar-refractivity contribution in [3.63, 3.8) is 0 Å². The van der Waals surface area contributed by atoms with Crippen LogP contribution in [-0.2, 0) is 0 Å². The van der Waals surface area contributed by atoms with Crippen molar-refractivity contribution >= 4 is 34.6 Å². The third-order valence-corrected chi connectivity index (χ3v) is 5.27. The third kappa shape index (κ3) is 7.50. The summed E-state index contributed by atoms with van der Waals surface area (Å²) in [5, 5.41) is 16.9. The first-order chi connectivity index (χ1) is 18.1. The Morgan fingerprint density at radius 1 is 0.737 bits per heavy atom. The zero-order chi connectivity index (χ0) is 27.8. The molecule has 0 aliphatic rings. The van der Waals surface area contributed by atoms with Crippen molar-refractivity contribution in [2.24, 2.45) is 0 Å². The van der Waals surface area contributed by atoms with Crippen LogP contribution < -0.4 is 25.8 Å². The molecule has 0 saturated carbocycles. The van der Waals surface area contributed by atoms with Crippen molar-refractivity contribution in [1.82, 2.24) is 19.9 Å². The summed E-state index contributed by atoms with van der Waals surface area (Å²) < 4.78 is 10.2. The number of non-ortho nitro benzene ring substituents is 1. The Morgan fingerprint density at radius 2 is 1.21 bits per heavy atom. The number of hydrogen-bond donors (Lipinski definition) is 3. The normalized spacial score (nSPS) is 10.2. The second kappa shape index (κ2) is 12.3. The number of benzene rings is 2. The van der Waals surface area contributed by atoms with Gasteiger partial charge in [0.15, 0.2) is 0 Å².